The molecule has 134 valence electrons. The second-order valence-electron chi connectivity index (χ2n) is 5.33. The van der Waals surface area contributed by atoms with E-state index in [1.807, 2.05) is 32.2 Å². The number of carbonyl (C=O) groups is 1. The first kappa shape index (κ1) is 19.0. The Morgan fingerprint density at radius 2 is 2.04 bits per heavy atom. The molecule has 0 radical (unpaired) electrons. The smallest absolute Gasteiger partial charge is 0.251 e. The van der Waals surface area contributed by atoms with Gasteiger partial charge in [-0.15, -0.1) is 0 Å². The van der Waals surface area contributed by atoms with Gasteiger partial charge in [-0.05, 0) is 31.2 Å². The molecule has 0 spiro atoms. The van der Waals surface area contributed by atoms with Crippen molar-refractivity contribution in [3.63, 3.8) is 0 Å². The van der Waals surface area contributed by atoms with Crippen LogP contribution in [0.4, 0.5) is 0 Å². The monoisotopic (exact) mass is 406 g/mol. The number of amides is 1. The van der Waals surface area contributed by atoms with Gasteiger partial charge in [0.2, 0.25) is 0 Å². The summed E-state index contributed by atoms with van der Waals surface area (Å²) in [5.41, 5.74) is 1.66. The molecule has 7 nitrogen and oxygen atoms in total. The molecule has 0 saturated heterocycles. The first-order valence-electron chi connectivity index (χ1n) is 8.13. The van der Waals surface area contributed by atoms with Gasteiger partial charge in [0.05, 0.1) is 12.2 Å². The molecule has 0 aliphatic heterocycles. The molecule has 1 heterocycles. The number of aliphatic imine (C=N–C) groups is 1. The summed E-state index contributed by atoms with van der Waals surface area (Å²) in [7, 11) is 1.89. The third kappa shape index (κ3) is 6.22. The van der Waals surface area contributed by atoms with E-state index in [0.29, 0.717) is 31.2 Å². The first-order chi connectivity index (χ1) is 12.1. The Bertz CT molecular complexity index is 727. The van der Waals surface area contributed by atoms with Gasteiger partial charge >= 0.3 is 0 Å². The molecule has 1 aromatic heterocycles. The van der Waals surface area contributed by atoms with E-state index in [0.717, 1.165) is 16.7 Å². The Balaban J connectivity index is 1.79. The fourth-order valence-corrected chi connectivity index (χ4v) is 2.55. The number of aromatic nitrogens is 2. The van der Waals surface area contributed by atoms with Crippen LogP contribution >= 0.6 is 15.9 Å². The van der Waals surface area contributed by atoms with Gasteiger partial charge in [-0.1, -0.05) is 22.0 Å². The summed E-state index contributed by atoms with van der Waals surface area (Å²) in [5.74, 6) is 0.611. The molecular formula is C17H23BrN6O. The van der Waals surface area contributed by atoms with Crippen LogP contribution in [0.15, 0.2) is 46.0 Å². The van der Waals surface area contributed by atoms with E-state index >= 15 is 0 Å². The molecule has 3 N–H and O–H groups in total. The molecule has 1 amide bonds. The lowest BCUT2D eigenvalue weighted by atomic mass is 10.2. The Hall–Kier alpha value is -2.35. The highest BCUT2D eigenvalue weighted by molar-refractivity contribution is 9.10. The predicted octanol–water partition coefficient (Wildman–Crippen LogP) is 1.67. The highest BCUT2D eigenvalue weighted by Crippen LogP contribution is 2.11. The van der Waals surface area contributed by atoms with Crippen LogP contribution in [0.25, 0.3) is 0 Å². The summed E-state index contributed by atoms with van der Waals surface area (Å²) in [6, 6.07) is 9.24. The summed E-state index contributed by atoms with van der Waals surface area (Å²) in [6.45, 7) is 4.40. The predicted molar refractivity (Wildman–Crippen MR) is 103 cm³/mol. The molecule has 8 heteroatoms. The van der Waals surface area contributed by atoms with Crippen molar-refractivity contribution in [1.82, 2.24) is 25.7 Å². The highest BCUT2D eigenvalue weighted by Gasteiger charge is 2.05. The maximum absolute atomic E-state index is 12.1. The number of hydrogen-bond donors (Lipinski definition) is 3. The maximum Gasteiger partial charge on any atom is 0.251 e. The van der Waals surface area contributed by atoms with Crippen molar-refractivity contribution in [2.45, 2.75) is 13.5 Å². The minimum Gasteiger partial charge on any atom is -0.357 e. The molecule has 0 aliphatic carbocycles. The number of benzene rings is 1. The summed E-state index contributed by atoms with van der Waals surface area (Å²) in [6.07, 6.45) is 1.75. The zero-order chi connectivity index (χ0) is 18.1. The number of rotatable bonds is 7. The van der Waals surface area contributed by atoms with Gasteiger partial charge < -0.3 is 16.0 Å². The van der Waals surface area contributed by atoms with Crippen molar-refractivity contribution in [3.8, 4) is 0 Å². The highest BCUT2D eigenvalue weighted by atomic mass is 79.9. The largest absolute Gasteiger partial charge is 0.357 e. The number of hydrogen-bond acceptors (Lipinski definition) is 3. The standard InChI is InChI=1S/C17H23BrN6O/c1-3-19-17(22-12-15-7-8-23-24(15)2)21-10-9-20-16(25)13-5-4-6-14(18)11-13/h4-8,11H,3,9-10,12H2,1-2H3,(H,20,25)(H2,19,21,22). The van der Waals surface area contributed by atoms with E-state index in [1.165, 1.54) is 0 Å². The lowest BCUT2D eigenvalue weighted by molar-refractivity contribution is 0.0954. The second kappa shape index (κ2) is 9.83. The summed E-state index contributed by atoms with van der Waals surface area (Å²) < 4.78 is 2.68. The quantitative estimate of drug-likeness (QED) is 0.371. The number of aryl methyl sites for hydroxylation is 1. The van der Waals surface area contributed by atoms with E-state index in [9.17, 15) is 4.79 Å². The van der Waals surface area contributed by atoms with E-state index in [4.69, 9.17) is 0 Å². The molecule has 0 fully saturated rings. The van der Waals surface area contributed by atoms with Crippen LogP contribution in [0.5, 0.6) is 0 Å². The van der Waals surface area contributed by atoms with Gasteiger partial charge in [-0.2, -0.15) is 5.10 Å². The van der Waals surface area contributed by atoms with E-state index in [1.54, 1.807) is 23.0 Å². The molecule has 0 atom stereocenters. The van der Waals surface area contributed by atoms with Crippen molar-refractivity contribution in [1.29, 1.82) is 0 Å². The molecule has 2 rings (SSSR count). The van der Waals surface area contributed by atoms with Crippen molar-refractivity contribution in [2.24, 2.45) is 12.0 Å². The van der Waals surface area contributed by atoms with Crippen LogP contribution in [0.3, 0.4) is 0 Å². The average molecular weight is 407 g/mol. The number of nitrogens with zero attached hydrogens (tertiary/aromatic N) is 3. The molecule has 0 unspecified atom stereocenters. The molecule has 2 aromatic rings. The second-order valence-corrected chi connectivity index (χ2v) is 6.25. The zero-order valence-corrected chi connectivity index (χ0v) is 16.0. The number of nitrogens with one attached hydrogen (secondary N) is 3. The van der Waals surface area contributed by atoms with Gasteiger partial charge in [0.15, 0.2) is 5.96 Å². The van der Waals surface area contributed by atoms with Crippen LogP contribution in [0.2, 0.25) is 0 Å². The lowest BCUT2D eigenvalue weighted by Crippen LogP contribution is -2.41. The van der Waals surface area contributed by atoms with Crippen LogP contribution in [0, 0.1) is 0 Å². The number of carbonyl (C=O) groups excluding carboxylic acids is 1. The summed E-state index contributed by atoms with van der Waals surface area (Å²) in [4.78, 5) is 16.6. The van der Waals surface area contributed by atoms with Crippen molar-refractivity contribution >= 4 is 27.8 Å². The van der Waals surface area contributed by atoms with Gasteiger partial charge in [0, 0.05) is 42.9 Å². The van der Waals surface area contributed by atoms with Crippen LogP contribution < -0.4 is 16.0 Å². The summed E-state index contributed by atoms with van der Waals surface area (Å²) >= 11 is 3.36. The molecule has 0 saturated carbocycles. The SMILES string of the molecule is CCNC(=NCc1ccnn1C)NCCNC(=O)c1cccc(Br)c1. The van der Waals surface area contributed by atoms with Gasteiger partial charge in [0.25, 0.3) is 5.91 Å². The normalized spacial score (nSPS) is 11.2. The summed E-state index contributed by atoms with van der Waals surface area (Å²) in [5, 5.41) is 13.4. The minimum absolute atomic E-state index is 0.0973. The Labute approximate surface area is 156 Å². The third-order valence-electron chi connectivity index (χ3n) is 3.46. The first-order valence-corrected chi connectivity index (χ1v) is 8.92. The van der Waals surface area contributed by atoms with Crippen molar-refractivity contribution in [3.05, 3.63) is 52.3 Å². The van der Waals surface area contributed by atoms with Crippen LogP contribution in [-0.2, 0) is 13.6 Å². The van der Waals surface area contributed by atoms with Gasteiger partial charge in [-0.3, -0.25) is 9.48 Å². The topological polar surface area (TPSA) is 83.3 Å². The number of guanidine groups is 1. The molecule has 1 aromatic carbocycles. The molecule has 0 bridgehead atoms. The minimum atomic E-state index is -0.0973. The molecule has 0 aliphatic rings. The Morgan fingerprint density at radius 3 is 2.72 bits per heavy atom. The van der Waals surface area contributed by atoms with Crippen LogP contribution in [0.1, 0.15) is 23.0 Å². The fourth-order valence-electron chi connectivity index (χ4n) is 2.15. The van der Waals surface area contributed by atoms with Gasteiger partial charge in [0.1, 0.15) is 0 Å². The van der Waals surface area contributed by atoms with E-state index in [-0.39, 0.29) is 5.91 Å². The van der Waals surface area contributed by atoms with Crippen LogP contribution in [-0.4, -0.2) is 41.3 Å². The van der Waals surface area contributed by atoms with E-state index < -0.39 is 0 Å². The average Bonchev–Trinajstić information content (AvgIpc) is 3.01. The van der Waals surface area contributed by atoms with E-state index in [2.05, 4.69) is 42.0 Å². The maximum atomic E-state index is 12.1. The number of halogens is 1. The lowest BCUT2D eigenvalue weighted by Gasteiger charge is -2.12. The fraction of sp³-hybridized carbons (Fsp3) is 0.353. The third-order valence-corrected chi connectivity index (χ3v) is 3.95. The van der Waals surface area contributed by atoms with Gasteiger partial charge in [-0.25, -0.2) is 4.99 Å². The van der Waals surface area contributed by atoms with Crippen molar-refractivity contribution < 1.29 is 4.79 Å². The molecular weight excluding hydrogens is 384 g/mol. The molecule has 25 heavy (non-hydrogen) atoms. The van der Waals surface area contributed by atoms with Crippen molar-refractivity contribution in [2.75, 3.05) is 19.6 Å². The Kier molecular flexibility index (Phi) is 7.46. The zero-order valence-electron chi connectivity index (χ0n) is 14.4. The Morgan fingerprint density at radius 1 is 1.24 bits per heavy atom.